The maximum absolute atomic E-state index is 15.3. The summed E-state index contributed by atoms with van der Waals surface area (Å²) in [6.07, 6.45) is -10.5. The van der Waals surface area contributed by atoms with E-state index >= 15 is 4.39 Å². The third-order valence-electron chi connectivity index (χ3n) is 4.77. The summed E-state index contributed by atoms with van der Waals surface area (Å²) in [4.78, 5) is 5.87. The highest BCUT2D eigenvalue weighted by molar-refractivity contribution is 8.14. The first-order valence-electron chi connectivity index (χ1n) is 8.68. The predicted octanol–water partition coefficient (Wildman–Crippen LogP) is 2.98. The molecule has 1 N–H and O–H groups in total. The highest BCUT2D eigenvalue weighted by atomic mass is 32.2. The average Bonchev–Trinajstić information content (AvgIpc) is 3.05. The molecule has 0 spiro atoms. The van der Waals surface area contributed by atoms with Crippen LogP contribution in [0.4, 0.5) is 17.6 Å². The number of halogens is 4. The van der Waals surface area contributed by atoms with E-state index in [1.54, 1.807) is 49.3 Å². The summed E-state index contributed by atoms with van der Waals surface area (Å²) < 4.78 is 66.8. The minimum atomic E-state index is -5.02. The molecule has 0 amide bonds. The van der Waals surface area contributed by atoms with Crippen molar-refractivity contribution >= 4 is 16.9 Å². The summed E-state index contributed by atoms with van der Waals surface area (Å²) in [5.41, 5.74) is -3.59. The molecule has 2 aliphatic rings. The largest absolute Gasteiger partial charge is 0.419 e. The van der Waals surface area contributed by atoms with Crippen LogP contribution in [0.25, 0.3) is 0 Å². The van der Waals surface area contributed by atoms with Crippen molar-refractivity contribution in [1.82, 2.24) is 4.90 Å². The first-order chi connectivity index (χ1) is 13.0. The highest BCUT2D eigenvalue weighted by Gasteiger charge is 2.64. The van der Waals surface area contributed by atoms with Crippen LogP contribution < -0.4 is 0 Å². The fourth-order valence-corrected chi connectivity index (χ4v) is 4.21. The molecule has 0 bridgehead atoms. The zero-order chi connectivity index (χ0) is 20.7. The monoisotopic (exact) mass is 422 g/mol. The van der Waals surface area contributed by atoms with Gasteiger partial charge in [-0.15, -0.1) is 0 Å². The van der Waals surface area contributed by atoms with Crippen LogP contribution in [0, 0.1) is 0 Å². The van der Waals surface area contributed by atoms with Crippen molar-refractivity contribution < 1.29 is 32.1 Å². The first kappa shape index (κ1) is 21.4. The lowest BCUT2D eigenvalue weighted by atomic mass is 9.87. The third kappa shape index (κ3) is 4.00. The zero-order valence-electron chi connectivity index (χ0n) is 15.6. The van der Waals surface area contributed by atoms with Gasteiger partial charge in [-0.2, -0.15) is 13.2 Å². The number of rotatable bonds is 4. The number of alkyl halides is 4. The molecule has 5 nitrogen and oxygen atoms in total. The van der Waals surface area contributed by atoms with Gasteiger partial charge < -0.3 is 19.5 Å². The molecule has 0 saturated carbocycles. The fourth-order valence-electron chi connectivity index (χ4n) is 3.09. The van der Waals surface area contributed by atoms with Crippen molar-refractivity contribution in [3.05, 3.63) is 35.9 Å². The van der Waals surface area contributed by atoms with Crippen LogP contribution in [0.1, 0.15) is 12.5 Å². The summed E-state index contributed by atoms with van der Waals surface area (Å²) in [7, 11) is 3.40. The number of thioether (sulfide) groups is 1. The molecule has 0 aliphatic carbocycles. The number of benzene rings is 1. The van der Waals surface area contributed by atoms with Gasteiger partial charge in [-0.1, -0.05) is 42.1 Å². The molecule has 1 fully saturated rings. The van der Waals surface area contributed by atoms with Crippen molar-refractivity contribution in [3.8, 4) is 0 Å². The van der Waals surface area contributed by atoms with Gasteiger partial charge in [-0.05, 0) is 12.5 Å². The van der Waals surface area contributed by atoms with E-state index < -0.39 is 41.6 Å². The van der Waals surface area contributed by atoms with Crippen LogP contribution in [0.2, 0.25) is 0 Å². The van der Waals surface area contributed by atoms with Crippen LogP contribution in [0.5, 0.6) is 0 Å². The van der Waals surface area contributed by atoms with Crippen molar-refractivity contribution in [1.29, 1.82) is 0 Å². The maximum Gasteiger partial charge on any atom is 0.419 e. The number of aliphatic hydroxyl groups is 1. The number of nitrogens with zero attached hydrogens (tertiary/aromatic N) is 2. The summed E-state index contributed by atoms with van der Waals surface area (Å²) in [5, 5.41) is 10.7. The minimum absolute atomic E-state index is 0.117. The summed E-state index contributed by atoms with van der Waals surface area (Å²) in [6, 6.07) is 7.67. The number of amidine groups is 1. The lowest BCUT2D eigenvalue weighted by Crippen LogP contribution is -2.65. The molecule has 1 unspecified atom stereocenters. The van der Waals surface area contributed by atoms with Crippen LogP contribution >= 0.6 is 11.8 Å². The Balaban J connectivity index is 1.88. The molecule has 0 aromatic heterocycles. The smallest absolute Gasteiger partial charge is 0.379 e. The SMILES string of the molecule is CN(C)C1=N[C@@H]2[C@@H](F)[C@H](OCc3ccccc3)[C@@H](C(C)(O)C(F)(F)F)O[C@@H]2S1. The van der Waals surface area contributed by atoms with E-state index in [4.69, 9.17) is 9.47 Å². The van der Waals surface area contributed by atoms with E-state index in [-0.39, 0.29) is 6.61 Å². The lowest BCUT2D eigenvalue weighted by Gasteiger charge is -2.45. The van der Waals surface area contributed by atoms with Crippen LogP contribution in [-0.2, 0) is 16.1 Å². The van der Waals surface area contributed by atoms with Gasteiger partial charge >= 0.3 is 6.18 Å². The molecule has 10 heteroatoms. The molecular weight excluding hydrogens is 400 g/mol. The number of aliphatic imine (C=N–C) groups is 1. The average molecular weight is 422 g/mol. The Bertz CT molecular complexity index is 715. The van der Waals surface area contributed by atoms with Crippen LogP contribution in [0.3, 0.4) is 0 Å². The van der Waals surface area contributed by atoms with Gasteiger partial charge in [0.15, 0.2) is 16.9 Å². The molecule has 1 saturated heterocycles. The fraction of sp³-hybridized carbons (Fsp3) is 0.611. The van der Waals surface area contributed by atoms with Gasteiger partial charge in [0, 0.05) is 14.1 Å². The van der Waals surface area contributed by atoms with Gasteiger partial charge in [0.1, 0.15) is 23.7 Å². The summed E-state index contributed by atoms with van der Waals surface area (Å²) in [6.45, 7) is 0.464. The highest BCUT2D eigenvalue weighted by Crippen LogP contribution is 2.45. The molecule has 2 heterocycles. The van der Waals surface area contributed by atoms with E-state index in [0.29, 0.717) is 17.7 Å². The number of ether oxygens (including phenoxy) is 2. The number of fused-ring (bicyclic) bond motifs is 1. The molecule has 3 rings (SSSR count). The molecule has 156 valence electrons. The molecule has 0 radical (unpaired) electrons. The Kier molecular flexibility index (Phi) is 5.96. The first-order valence-corrected chi connectivity index (χ1v) is 9.56. The molecule has 6 atom stereocenters. The number of hydrogen-bond acceptors (Lipinski definition) is 6. The van der Waals surface area contributed by atoms with Crippen molar-refractivity contribution in [3.63, 3.8) is 0 Å². The van der Waals surface area contributed by atoms with Crippen molar-refractivity contribution in [2.75, 3.05) is 14.1 Å². The molecule has 2 aliphatic heterocycles. The molecular formula is C18H22F4N2O3S. The molecule has 1 aromatic carbocycles. The van der Waals surface area contributed by atoms with Crippen molar-refractivity contribution in [2.24, 2.45) is 4.99 Å². The Morgan fingerprint density at radius 1 is 1.25 bits per heavy atom. The summed E-state index contributed by atoms with van der Waals surface area (Å²) >= 11 is 1.03. The second kappa shape index (κ2) is 7.81. The van der Waals surface area contributed by atoms with Crippen molar-refractivity contribution in [2.45, 2.75) is 55.2 Å². The van der Waals surface area contributed by atoms with Gasteiger partial charge in [0.05, 0.1) is 6.61 Å². The van der Waals surface area contributed by atoms with E-state index in [9.17, 15) is 18.3 Å². The second-order valence-electron chi connectivity index (χ2n) is 7.19. The third-order valence-corrected chi connectivity index (χ3v) is 6.08. The minimum Gasteiger partial charge on any atom is -0.379 e. The number of hydrogen-bond donors (Lipinski definition) is 1. The van der Waals surface area contributed by atoms with Crippen LogP contribution in [0.15, 0.2) is 35.3 Å². The van der Waals surface area contributed by atoms with Gasteiger partial charge in [0.25, 0.3) is 0 Å². The second-order valence-corrected chi connectivity index (χ2v) is 8.26. The Hall–Kier alpha value is -1.36. The topological polar surface area (TPSA) is 54.3 Å². The Morgan fingerprint density at radius 2 is 1.89 bits per heavy atom. The zero-order valence-corrected chi connectivity index (χ0v) is 16.4. The summed E-state index contributed by atoms with van der Waals surface area (Å²) in [5.74, 6) is 0. The molecule has 28 heavy (non-hydrogen) atoms. The predicted molar refractivity (Wildman–Crippen MR) is 97.8 cm³/mol. The van der Waals surface area contributed by atoms with Crippen LogP contribution in [-0.4, -0.2) is 70.9 Å². The van der Waals surface area contributed by atoms with Gasteiger partial charge in [-0.3, -0.25) is 4.99 Å². The van der Waals surface area contributed by atoms with Gasteiger partial charge in [0.2, 0.25) is 0 Å². The Labute approximate surface area is 164 Å². The van der Waals surface area contributed by atoms with Gasteiger partial charge in [-0.25, -0.2) is 4.39 Å². The normalized spacial score (nSPS) is 32.4. The van der Waals surface area contributed by atoms with E-state index in [1.165, 1.54) is 0 Å². The Morgan fingerprint density at radius 3 is 2.46 bits per heavy atom. The maximum atomic E-state index is 15.3. The van der Waals surface area contributed by atoms with E-state index in [0.717, 1.165) is 11.8 Å². The standard InChI is InChI=1S/C18H22F4N2O3S/c1-17(25,18(20,21)22)14-13(26-9-10-7-5-4-6-8-10)11(19)12-15(27-14)28-16(23-12)24(2)3/h4-8,11-15,25H,9H2,1-3H3/t11-,12-,13+,14+,15-,17?/m1/s1. The molecule has 1 aromatic rings. The lowest BCUT2D eigenvalue weighted by molar-refractivity contribution is -0.319. The van der Waals surface area contributed by atoms with E-state index in [1.807, 2.05) is 0 Å². The van der Waals surface area contributed by atoms with E-state index in [2.05, 4.69) is 4.99 Å². The quantitative estimate of drug-likeness (QED) is 0.757.